The molecule has 0 aliphatic heterocycles. The van der Waals surface area contributed by atoms with E-state index in [0.717, 1.165) is 23.4 Å². The van der Waals surface area contributed by atoms with E-state index in [0.29, 0.717) is 17.9 Å². The van der Waals surface area contributed by atoms with E-state index in [1.165, 1.54) is 5.56 Å². The highest BCUT2D eigenvalue weighted by Crippen LogP contribution is 2.24. The molecule has 0 spiro atoms. The van der Waals surface area contributed by atoms with Gasteiger partial charge in [0.05, 0.1) is 0 Å². The Hall–Kier alpha value is -0.610. The van der Waals surface area contributed by atoms with E-state index >= 15 is 0 Å². The predicted octanol–water partition coefficient (Wildman–Crippen LogP) is 4.07. The van der Waals surface area contributed by atoms with Crippen molar-refractivity contribution in [1.82, 2.24) is 10.3 Å². The lowest BCUT2D eigenvalue weighted by molar-refractivity contribution is 0.499. The molecule has 0 amide bonds. The molecule has 1 unspecified atom stereocenters. The molecule has 1 aromatic rings. The topological polar surface area (TPSA) is 28.2 Å². The number of nitrogens with zero attached hydrogens (tertiary/aromatic N) is 2. The quantitative estimate of drug-likeness (QED) is 0.810. The first-order valence-corrected chi connectivity index (χ1v) is 8.20. The fraction of sp³-hybridized carbons (Fsp3) is 0.688. The Labute approximate surface area is 132 Å². The molecule has 114 valence electrons. The van der Waals surface area contributed by atoms with E-state index in [1.807, 2.05) is 6.20 Å². The molecule has 0 saturated heterocycles. The lowest BCUT2D eigenvalue weighted by Crippen LogP contribution is -2.35. The van der Waals surface area contributed by atoms with E-state index in [9.17, 15) is 0 Å². The third-order valence-corrected chi connectivity index (χ3v) is 4.12. The third-order valence-electron chi connectivity index (χ3n) is 3.69. The smallest absolute Gasteiger partial charge is 0.133 e. The number of nitrogens with one attached hydrogen (secondary N) is 1. The molecule has 0 aromatic carbocycles. The fourth-order valence-corrected chi connectivity index (χ4v) is 2.44. The Morgan fingerprint density at radius 2 is 1.90 bits per heavy atom. The standard InChI is InChI=1S/C16H28BrN3/c1-11(2)8-18-9-14-7-15(17)10-19-16(14)20(6)13(5)12(3)4/h7,10-13,18H,8-9H2,1-6H3. The monoisotopic (exact) mass is 341 g/mol. The number of aromatic nitrogens is 1. The SMILES string of the molecule is CC(C)CNCc1cc(Br)cnc1N(C)C(C)C(C)C. The van der Waals surface area contributed by atoms with Gasteiger partial charge in [-0.25, -0.2) is 4.98 Å². The summed E-state index contributed by atoms with van der Waals surface area (Å²) in [6, 6.07) is 2.63. The van der Waals surface area contributed by atoms with Crippen LogP contribution >= 0.6 is 15.9 Å². The van der Waals surface area contributed by atoms with Crippen LogP contribution in [0.5, 0.6) is 0 Å². The zero-order valence-electron chi connectivity index (χ0n) is 13.6. The summed E-state index contributed by atoms with van der Waals surface area (Å²) >= 11 is 3.52. The maximum Gasteiger partial charge on any atom is 0.133 e. The molecule has 0 fully saturated rings. The van der Waals surface area contributed by atoms with Gasteiger partial charge in [-0.2, -0.15) is 0 Å². The largest absolute Gasteiger partial charge is 0.356 e. The molecule has 3 nitrogen and oxygen atoms in total. The Morgan fingerprint density at radius 1 is 1.25 bits per heavy atom. The number of anilines is 1. The molecular weight excluding hydrogens is 314 g/mol. The van der Waals surface area contributed by atoms with Gasteiger partial charge in [0.1, 0.15) is 5.82 Å². The minimum absolute atomic E-state index is 0.465. The Kier molecular flexibility index (Phi) is 6.96. The van der Waals surface area contributed by atoms with Crippen LogP contribution in [0.15, 0.2) is 16.7 Å². The van der Waals surface area contributed by atoms with Gasteiger partial charge in [0.25, 0.3) is 0 Å². The van der Waals surface area contributed by atoms with Crippen LogP contribution in [-0.2, 0) is 6.54 Å². The first kappa shape index (κ1) is 17.4. The zero-order chi connectivity index (χ0) is 15.3. The molecule has 20 heavy (non-hydrogen) atoms. The summed E-state index contributed by atoms with van der Waals surface area (Å²) in [5, 5.41) is 3.50. The van der Waals surface area contributed by atoms with Gasteiger partial charge in [-0.05, 0) is 47.3 Å². The average molecular weight is 342 g/mol. The summed E-state index contributed by atoms with van der Waals surface area (Å²) < 4.78 is 1.04. The maximum atomic E-state index is 4.62. The van der Waals surface area contributed by atoms with Gasteiger partial charge in [-0.1, -0.05) is 27.7 Å². The van der Waals surface area contributed by atoms with Gasteiger partial charge < -0.3 is 10.2 Å². The average Bonchev–Trinajstić information content (AvgIpc) is 2.36. The minimum atomic E-state index is 0.465. The number of hydrogen-bond acceptors (Lipinski definition) is 3. The van der Waals surface area contributed by atoms with Gasteiger partial charge in [0, 0.05) is 35.9 Å². The van der Waals surface area contributed by atoms with E-state index in [2.05, 4.69) is 78.9 Å². The van der Waals surface area contributed by atoms with Crippen LogP contribution in [0, 0.1) is 11.8 Å². The second kappa shape index (κ2) is 7.99. The molecule has 1 rings (SSSR count). The van der Waals surface area contributed by atoms with Crippen molar-refractivity contribution in [3.8, 4) is 0 Å². The summed E-state index contributed by atoms with van der Waals surface area (Å²) in [6.07, 6.45) is 1.88. The van der Waals surface area contributed by atoms with Gasteiger partial charge in [0.15, 0.2) is 0 Å². The van der Waals surface area contributed by atoms with Gasteiger partial charge >= 0.3 is 0 Å². The van der Waals surface area contributed by atoms with Crippen molar-refractivity contribution in [2.45, 2.75) is 47.2 Å². The Balaban J connectivity index is 2.89. The molecule has 0 saturated carbocycles. The van der Waals surface area contributed by atoms with Crippen LogP contribution in [0.1, 0.15) is 40.2 Å². The number of pyridine rings is 1. The number of halogens is 1. The summed E-state index contributed by atoms with van der Waals surface area (Å²) in [5.74, 6) is 2.33. The number of hydrogen-bond donors (Lipinski definition) is 1. The van der Waals surface area contributed by atoms with E-state index in [1.54, 1.807) is 0 Å². The summed E-state index contributed by atoms with van der Waals surface area (Å²) in [7, 11) is 2.13. The van der Waals surface area contributed by atoms with Crippen LogP contribution in [0.2, 0.25) is 0 Å². The van der Waals surface area contributed by atoms with Crippen molar-refractivity contribution in [2.24, 2.45) is 11.8 Å². The third kappa shape index (κ3) is 5.06. The van der Waals surface area contributed by atoms with Gasteiger partial charge in [-0.15, -0.1) is 0 Å². The minimum Gasteiger partial charge on any atom is -0.356 e. The molecule has 0 aliphatic rings. The number of rotatable bonds is 7. The maximum absolute atomic E-state index is 4.62. The van der Waals surface area contributed by atoms with Crippen LogP contribution < -0.4 is 10.2 Å². The van der Waals surface area contributed by atoms with E-state index in [-0.39, 0.29) is 0 Å². The summed E-state index contributed by atoms with van der Waals surface area (Å²) in [4.78, 5) is 6.90. The summed E-state index contributed by atoms with van der Waals surface area (Å²) in [6.45, 7) is 13.1. The molecule has 1 N–H and O–H groups in total. The molecule has 0 aliphatic carbocycles. The van der Waals surface area contributed by atoms with Crippen molar-refractivity contribution in [1.29, 1.82) is 0 Å². The molecule has 4 heteroatoms. The summed E-state index contributed by atoms with van der Waals surface area (Å²) in [5.41, 5.74) is 1.25. The molecule has 0 radical (unpaired) electrons. The highest BCUT2D eigenvalue weighted by atomic mass is 79.9. The van der Waals surface area contributed by atoms with Crippen molar-refractivity contribution in [3.05, 3.63) is 22.3 Å². The lowest BCUT2D eigenvalue weighted by atomic mass is 10.0. The van der Waals surface area contributed by atoms with Gasteiger partial charge in [-0.3, -0.25) is 0 Å². The lowest BCUT2D eigenvalue weighted by Gasteiger charge is -2.30. The first-order chi connectivity index (χ1) is 9.32. The van der Waals surface area contributed by atoms with Crippen molar-refractivity contribution in [3.63, 3.8) is 0 Å². The Bertz CT molecular complexity index is 418. The van der Waals surface area contributed by atoms with Gasteiger partial charge in [0.2, 0.25) is 0 Å². The van der Waals surface area contributed by atoms with Crippen molar-refractivity contribution < 1.29 is 0 Å². The Morgan fingerprint density at radius 3 is 2.45 bits per heavy atom. The van der Waals surface area contributed by atoms with Crippen LogP contribution in [0.4, 0.5) is 5.82 Å². The normalized spacial score (nSPS) is 13.1. The molecule has 1 aromatic heterocycles. The molecule has 0 bridgehead atoms. The molecule has 1 atom stereocenters. The zero-order valence-corrected chi connectivity index (χ0v) is 15.2. The van der Waals surface area contributed by atoms with Crippen LogP contribution in [-0.4, -0.2) is 24.6 Å². The molecule has 1 heterocycles. The first-order valence-electron chi connectivity index (χ1n) is 7.40. The van der Waals surface area contributed by atoms with Crippen LogP contribution in [0.25, 0.3) is 0 Å². The second-order valence-corrected chi connectivity index (χ2v) is 7.17. The van der Waals surface area contributed by atoms with E-state index in [4.69, 9.17) is 0 Å². The van der Waals surface area contributed by atoms with Crippen LogP contribution in [0.3, 0.4) is 0 Å². The van der Waals surface area contributed by atoms with Crippen molar-refractivity contribution in [2.75, 3.05) is 18.5 Å². The highest BCUT2D eigenvalue weighted by molar-refractivity contribution is 9.10. The molecular formula is C16H28BrN3. The fourth-order valence-electron chi connectivity index (χ4n) is 2.06. The van der Waals surface area contributed by atoms with Crippen molar-refractivity contribution >= 4 is 21.7 Å². The second-order valence-electron chi connectivity index (χ2n) is 6.26. The predicted molar refractivity (Wildman–Crippen MR) is 91.2 cm³/mol. The highest BCUT2D eigenvalue weighted by Gasteiger charge is 2.17. The van der Waals surface area contributed by atoms with E-state index < -0.39 is 0 Å².